The molecule has 1 N–H and O–H groups in total. The van der Waals surface area contributed by atoms with Crippen molar-refractivity contribution in [1.82, 2.24) is 25.5 Å². The fourth-order valence-electron chi connectivity index (χ4n) is 1.51. The molecule has 1 aromatic heterocycles. The zero-order valence-electron chi connectivity index (χ0n) is 9.18. The Morgan fingerprint density at radius 1 is 1.60 bits per heavy atom. The molecule has 15 heavy (non-hydrogen) atoms. The first-order chi connectivity index (χ1) is 7.31. The van der Waals surface area contributed by atoms with E-state index in [1.54, 1.807) is 7.11 Å². The Bertz CT molecular complexity index is 309. The molecule has 0 aliphatic heterocycles. The van der Waals surface area contributed by atoms with Crippen molar-refractivity contribution in [2.24, 2.45) is 0 Å². The number of tetrazole rings is 1. The minimum absolute atomic E-state index is 0.181. The molecule has 0 bridgehead atoms. The second-order valence-electron chi connectivity index (χ2n) is 4.00. The molecule has 0 amide bonds. The SMILES string of the molecule is COCC(C)n1nnnc1CNC1CC1. The van der Waals surface area contributed by atoms with E-state index < -0.39 is 0 Å². The van der Waals surface area contributed by atoms with Crippen molar-refractivity contribution in [3.05, 3.63) is 5.82 Å². The summed E-state index contributed by atoms with van der Waals surface area (Å²) in [7, 11) is 1.68. The van der Waals surface area contributed by atoms with E-state index in [2.05, 4.69) is 20.8 Å². The molecule has 1 atom stereocenters. The molecule has 1 aromatic rings. The van der Waals surface area contributed by atoms with E-state index in [1.807, 2.05) is 11.6 Å². The Kier molecular flexibility index (Phi) is 3.27. The number of rotatable bonds is 6. The molecule has 84 valence electrons. The maximum absolute atomic E-state index is 5.08. The van der Waals surface area contributed by atoms with Gasteiger partial charge in [-0.2, -0.15) is 0 Å². The third-order valence-corrected chi connectivity index (χ3v) is 2.51. The fraction of sp³-hybridized carbons (Fsp3) is 0.889. The molecular weight excluding hydrogens is 194 g/mol. The van der Waals surface area contributed by atoms with Crippen molar-refractivity contribution >= 4 is 0 Å². The highest BCUT2D eigenvalue weighted by Gasteiger charge is 2.21. The fourth-order valence-corrected chi connectivity index (χ4v) is 1.51. The van der Waals surface area contributed by atoms with Crippen LogP contribution in [0.3, 0.4) is 0 Å². The van der Waals surface area contributed by atoms with E-state index in [0.717, 1.165) is 12.4 Å². The van der Waals surface area contributed by atoms with Crippen LogP contribution in [0.25, 0.3) is 0 Å². The molecule has 0 radical (unpaired) electrons. The van der Waals surface area contributed by atoms with Gasteiger partial charge in [0.15, 0.2) is 5.82 Å². The van der Waals surface area contributed by atoms with Crippen LogP contribution < -0.4 is 5.32 Å². The second-order valence-corrected chi connectivity index (χ2v) is 4.00. The summed E-state index contributed by atoms with van der Waals surface area (Å²) in [5.41, 5.74) is 0. The zero-order chi connectivity index (χ0) is 10.7. The van der Waals surface area contributed by atoms with Crippen LogP contribution in [-0.2, 0) is 11.3 Å². The lowest BCUT2D eigenvalue weighted by Crippen LogP contribution is -2.22. The molecule has 6 nitrogen and oxygen atoms in total. The van der Waals surface area contributed by atoms with Gasteiger partial charge < -0.3 is 10.1 Å². The van der Waals surface area contributed by atoms with Gasteiger partial charge in [0.05, 0.1) is 19.2 Å². The Hall–Kier alpha value is -1.01. The summed E-state index contributed by atoms with van der Waals surface area (Å²) in [6, 6.07) is 0.855. The number of ether oxygens (including phenoxy) is 1. The predicted octanol–water partition coefficient (Wildman–Crippen LogP) is 0.132. The minimum Gasteiger partial charge on any atom is -0.382 e. The van der Waals surface area contributed by atoms with E-state index >= 15 is 0 Å². The molecule has 1 fully saturated rings. The lowest BCUT2D eigenvalue weighted by atomic mass is 10.3. The lowest BCUT2D eigenvalue weighted by molar-refractivity contribution is 0.154. The third-order valence-electron chi connectivity index (χ3n) is 2.51. The standard InChI is InChI=1S/C9H17N5O/c1-7(6-15-2)14-9(11-12-13-14)5-10-8-3-4-8/h7-8,10H,3-6H2,1-2H3. The highest BCUT2D eigenvalue weighted by molar-refractivity contribution is 4.88. The van der Waals surface area contributed by atoms with Crippen LogP contribution in [0, 0.1) is 0 Å². The monoisotopic (exact) mass is 211 g/mol. The van der Waals surface area contributed by atoms with Crippen molar-refractivity contribution in [2.75, 3.05) is 13.7 Å². The Morgan fingerprint density at radius 2 is 2.40 bits per heavy atom. The van der Waals surface area contributed by atoms with Crippen molar-refractivity contribution in [3.8, 4) is 0 Å². The smallest absolute Gasteiger partial charge is 0.165 e. The summed E-state index contributed by atoms with van der Waals surface area (Å²) in [5.74, 6) is 0.881. The maximum Gasteiger partial charge on any atom is 0.165 e. The molecule has 6 heteroatoms. The number of aromatic nitrogens is 4. The van der Waals surface area contributed by atoms with Crippen LogP contribution in [0.1, 0.15) is 31.6 Å². The summed E-state index contributed by atoms with van der Waals surface area (Å²) in [5, 5.41) is 15.1. The van der Waals surface area contributed by atoms with Gasteiger partial charge >= 0.3 is 0 Å². The van der Waals surface area contributed by atoms with E-state index in [9.17, 15) is 0 Å². The second kappa shape index (κ2) is 4.67. The molecule has 0 saturated heterocycles. The number of nitrogens with one attached hydrogen (secondary N) is 1. The van der Waals surface area contributed by atoms with Gasteiger partial charge in [-0.05, 0) is 30.2 Å². The van der Waals surface area contributed by atoms with Crippen molar-refractivity contribution in [1.29, 1.82) is 0 Å². The average Bonchev–Trinajstić information content (AvgIpc) is 2.93. The summed E-state index contributed by atoms with van der Waals surface area (Å²) < 4.78 is 6.90. The highest BCUT2D eigenvalue weighted by atomic mass is 16.5. The van der Waals surface area contributed by atoms with Crippen LogP contribution in [0.5, 0.6) is 0 Å². The number of nitrogens with zero attached hydrogens (tertiary/aromatic N) is 4. The normalized spacial score (nSPS) is 18.0. The Morgan fingerprint density at radius 3 is 3.07 bits per heavy atom. The van der Waals surface area contributed by atoms with Crippen LogP contribution in [0.4, 0.5) is 0 Å². The number of hydrogen-bond donors (Lipinski definition) is 1. The zero-order valence-corrected chi connectivity index (χ0v) is 9.18. The first-order valence-corrected chi connectivity index (χ1v) is 5.30. The van der Waals surface area contributed by atoms with E-state index in [4.69, 9.17) is 4.74 Å². The van der Waals surface area contributed by atoms with E-state index in [-0.39, 0.29) is 6.04 Å². The molecular formula is C9H17N5O. The Labute approximate surface area is 89.0 Å². The molecule has 1 saturated carbocycles. The number of hydrogen-bond acceptors (Lipinski definition) is 5. The minimum atomic E-state index is 0.181. The van der Waals surface area contributed by atoms with Gasteiger partial charge in [-0.1, -0.05) is 0 Å². The van der Waals surface area contributed by atoms with E-state index in [1.165, 1.54) is 12.8 Å². The van der Waals surface area contributed by atoms with Crippen LogP contribution >= 0.6 is 0 Å². The van der Waals surface area contributed by atoms with Crippen LogP contribution in [0.15, 0.2) is 0 Å². The van der Waals surface area contributed by atoms with Gasteiger partial charge in [0.1, 0.15) is 0 Å². The van der Waals surface area contributed by atoms with Crippen LogP contribution in [-0.4, -0.2) is 40.0 Å². The van der Waals surface area contributed by atoms with Crippen molar-refractivity contribution < 1.29 is 4.74 Å². The van der Waals surface area contributed by atoms with Gasteiger partial charge in [0.2, 0.25) is 0 Å². The Balaban J connectivity index is 1.93. The molecule has 2 rings (SSSR count). The quantitative estimate of drug-likeness (QED) is 0.724. The summed E-state index contributed by atoms with van der Waals surface area (Å²) >= 11 is 0. The molecule has 0 spiro atoms. The van der Waals surface area contributed by atoms with Gasteiger partial charge in [-0.3, -0.25) is 0 Å². The molecule has 0 aromatic carbocycles. The summed E-state index contributed by atoms with van der Waals surface area (Å²) in [6.45, 7) is 3.41. The van der Waals surface area contributed by atoms with Crippen LogP contribution in [0.2, 0.25) is 0 Å². The molecule has 1 heterocycles. The number of methoxy groups -OCH3 is 1. The maximum atomic E-state index is 5.08. The van der Waals surface area contributed by atoms with Gasteiger partial charge in [-0.25, -0.2) is 4.68 Å². The molecule has 1 aliphatic carbocycles. The van der Waals surface area contributed by atoms with Crippen molar-refractivity contribution in [2.45, 2.75) is 38.4 Å². The average molecular weight is 211 g/mol. The highest BCUT2D eigenvalue weighted by Crippen LogP contribution is 2.19. The topological polar surface area (TPSA) is 64.9 Å². The molecule has 1 aliphatic rings. The summed E-state index contributed by atoms with van der Waals surface area (Å²) in [6.07, 6.45) is 2.55. The lowest BCUT2D eigenvalue weighted by Gasteiger charge is -2.12. The molecule has 1 unspecified atom stereocenters. The first-order valence-electron chi connectivity index (χ1n) is 5.30. The third kappa shape index (κ3) is 2.73. The van der Waals surface area contributed by atoms with E-state index in [0.29, 0.717) is 12.6 Å². The largest absolute Gasteiger partial charge is 0.382 e. The first kappa shape index (κ1) is 10.5. The van der Waals surface area contributed by atoms with Gasteiger partial charge in [-0.15, -0.1) is 5.10 Å². The van der Waals surface area contributed by atoms with Crippen molar-refractivity contribution in [3.63, 3.8) is 0 Å². The summed E-state index contributed by atoms with van der Waals surface area (Å²) in [4.78, 5) is 0. The van der Waals surface area contributed by atoms with Gasteiger partial charge in [0, 0.05) is 13.2 Å². The predicted molar refractivity (Wildman–Crippen MR) is 54.3 cm³/mol. The van der Waals surface area contributed by atoms with Gasteiger partial charge in [0.25, 0.3) is 0 Å².